The van der Waals surface area contributed by atoms with Gasteiger partial charge in [-0.05, 0) is 80.9 Å². The van der Waals surface area contributed by atoms with Crippen molar-refractivity contribution in [3.63, 3.8) is 0 Å². The van der Waals surface area contributed by atoms with Crippen molar-refractivity contribution in [2.24, 2.45) is 0 Å². The molecule has 0 bridgehead atoms. The van der Waals surface area contributed by atoms with Gasteiger partial charge < -0.3 is 20.7 Å². The molecule has 2 aromatic carbocycles. The first-order valence-corrected chi connectivity index (χ1v) is 12.4. The number of rotatable bonds is 8. The Balaban J connectivity index is 1.34. The third-order valence-electron chi connectivity index (χ3n) is 6.81. The topological polar surface area (TPSA) is 117 Å². The zero-order chi connectivity index (χ0) is 25.7. The molecule has 9 heteroatoms. The number of anilines is 1. The molecule has 3 heterocycles. The fraction of sp³-hybridized carbons (Fsp3) is 0.286. The second kappa shape index (κ2) is 10.8. The van der Waals surface area contributed by atoms with Gasteiger partial charge in [-0.3, -0.25) is 14.9 Å². The maximum Gasteiger partial charge on any atom is 0.251 e. The van der Waals surface area contributed by atoms with Crippen molar-refractivity contribution in [2.45, 2.75) is 31.3 Å². The van der Waals surface area contributed by atoms with E-state index >= 15 is 0 Å². The van der Waals surface area contributed by atoms with Crippen molar-refractivity contribution in [3.8, 4) is 17.1 Å². The number of ether oxygens (including phenoxy) is 1. The summed E-state index contributed by atoms with van der Waals surface area (Å²) in [6.45, 7) is 3.66. The SMILES string of the molecule is COc1ccc([C@H](C)NC(=O)c2cccc(NC3(c4nc(-c5ccncc5)n[nH]4)CCNCC3)c2)cc1. The lowest BCUT2D eigenvalue weighted by Crippen LogP contribution is -2.46. The summed E-state index contributed by atoms with van der Waals surface area (Å²) in [4.78, 5) is 22.0. The van der Waals surface area contributed by atoms with Crippen LogP contribution < -0.4 is 20.7 Å². The molecule has 0 aliphatic carbocycles. The van der Waals surface area contributed by atoms with E-state index in [2.05, 4.69) is 31.1 Å². The zero-order valence-corrected chi connectivity index (χ0v) is 21.0. The fourth-order valence-electron chi connectivity index (χ4n) is 4.65. The highest BCUT2D eigenvalue weighted by Crippen LogP contribution is 2.34. The van der Waals surface area contributed by atoms with E-state index in [1.165, 1.54) is 0 Å². The number of hydrogen-bond donors (Lipinski definition) is 4. The van der Waals surface area contributed by atoms with E-state index in [0.717, 1.165) is 54.3 Å². The van der Waals surface area contributed by atoms with E-state index in [1.807, 2.05) is 67.6 Å². The van der Waals surface area contributed by atoms with Crippen LogP contribution in [0.3, 0.4) is 0 Å². The van der Waals surface area contributed by atoms with Crippen LogP contribution in [0.2, 0.25) is 0 Å². The molecule has 1 fully saturated rings. The molecule has 190 valence electrons. The monoisotopic (exact) mass is 497 g/mol. The van der Waals surface area contributed by atoms with Crippen molar-refractivity contribution >= 4 is 11.6 Å². The molecule has 5 rings (SSSR count). The molecule has 1 saturated heterocycles. The number of benzene rings is 2. The highest BCUT2D eigenvalue weighted by molar-refractivity contribution is 5.95. The van der Waals surface area contributed by atoms with Crippen LogP contribution in [0.25, 0.3) is 11.4 Å². The molecular formula is C28H31N7O2. The second-order valence-electron chi connectivity index (χ2n) is 9.25. The van der Waals surface area contributed by atoms with Gasteiger partial charge >= 0.3 is 0 Å². The van der Waals surface area contributed by atoms with Gasteiger partial charge in [0.25, 0.3) is 5.91 Å². The van der Waals surface area contributed by atoms with Crippen LogP contribution >= 0.6 is 0 Å². The van der Waals surface area contributed by atoms with Gasteiger partial charge in [-0.2, -0.15) is 5.10 Å². The van der Waals surface area contributed by atoms with E-state index in [9.17, 15) is 4.79 Å². The van der Waals surface area contributed by atoms with Crippen LogP contribution in [-0.2, 0) is 5.54 Å². The Morgan fingerprint density at radius 3 is 2.54 bits per heavy atom. The average molecular weight is 498 g/mol. The number of nitrogens with zero attached hydrogens (tertiary/aromatic N) is 3. The number of piperidine rings is 1. The lowest BCUT2D eigenvalue weighted by Gasteiger charge is -2.37. The van der Waals surface area contributed by atoms with Crippen molar-refractivity contribution in [1.82, 2.24) is 30.8 Å². The minimum atomic E-state index is -0.435. The van der Waals surface area contributed by atoms with Gasteiger partial charge in [0, 0.05) is 29.2 Å². The van der Waals surface area contributed by atoms with Crippen LogP contribution in [0.4, 0.5) is 5.69 Å². The lowest BCUT2D eigenvalue weighted by atomic mass is 9.87. The minimum Gasteiger partial charge on any atom is -0.497 e. The van der Waals surface area contributed by atoms with Gasteiger partial charge in [-0.1, -0.05) is 18.2 Å². The summed E-state index contributed by atoms with van der Waals surface area (Å²) in [5, 5.41) is 17.8. The molecule has 0 radical (unpaired) electrons. The number of hydrogen-bond acceptors (Lipinski definition) is 7. The number of nitrogens with one attached hydrogen (secondary N) is 4. The number of carbonyl (C=O) groups excluding carboxylic acids is 1. The zero-order valence-electron chi connectivity index (χ0n) is 21.0. The summed E-state index contributed by atoms with van der Waals surface area (Å²) < 4.78 is 5.23. The van der Waals surface area contributed by atoms with E-state index in [-0.39, 0.29) is 11.9 Å². The molecule has 1 amide bonds. The normalized spacial score (nSPS) is 15.5. The molecule has 0 spiro atoms. The molecule has 9 nitrogen and oxygen atoms in total. The number of pyridine rings is 1. The molecule has 0 saturated carbocycles. The summed E-state index contributed by atoms with van der Waals surface area (Å²) in [5.74, 6) is 2.07. The van der Waals surface area contributed by atoms with Crippen molar-refractivity contribution in [2.75, 3.05) is 25.5 Å². The first-order valence-electron chi connectivity index (χ1n) is 12.4. The fourth-order valence-corrected chi connectivity index (χ4v) is 4.65. The standard InChI is InChI=1S/C28H31N7O2/c1-19(20-6-8-24(37-2)9-7-20)31-26(36)22-4-3-5-23(18-22)33-28(12-16-30-17-13-28)27-32-25(34-35-27)21-10-14-29-15-11-21/h3-11,14-15,18-19,30,33H,12-13,16-17H2,1-2H3,(H,31,36)(H,32,34,35)/t19-/m0/s1. The summed E-state index contributed by atoms with van der Waals surface area (Å²) in [7, 11) is 1.64. The summed E-state index contributed by atoms with van der Waals surface area (Å²) in [5.41, 5.74) is 2.92. The Labute approximate surface area is 216 Å². The van der Waals surface area contributed by atoms with Gasteiger partial charge in [0.1, 0.15) is 5.75 Å². The Morgan fingerprint density at radius 1 is 1.05 bits per heavy atom. The molecule has 1 aliphatic heterocycles. The Bertz CT molecular complexity index is 1330. The lowest BCUT2D eigenvalue weighted by molar-refractivity contribution is 0.0940. The number of carbonyl (C=O) groups is 1. The quantitative estimate of drug-likeness (QED) is 0.290. The first kappa shape index (κ1) is 24.5. The molecule has 1 aliphatic rings. The number of aromatic amines is 1. The molecular weight excluding hydrogens is 466 g/mol. The number of amides is 1. The van der Waals surface area contributed by atoms with Crippen LogP contribution in [0, 0.1) is 0 Å². The summed E-state index contributed by atoms with van der Waals surface area (Å²) in [6, 6.07) is 18.9. The highest BCUT2D eigenvalue weighted by Gasteiger charge is 2.37. The third-order valence-corrected chi connectivity index (χ3v) is 6.81. The van der Waals surface area contributed by atoms with Gasteiger partial charge in [-0.15, -0.1) is 0 Å². The Morgan fingerprint density at radius 2 is 1.81 bits per heavy atom. The van der Waals surface area contributed by atoms with E-state index in [0.29, 0.717) is 11.4 Å². The van der Waals surface area contributed by atoms with E-state index in [1.54, 1.807) is 19.5 Å². The average Bonchev–Trinajstić information content (AvgIpc) is 3.46. The number of aromatic nitrogens is 4. The van der Waals surface area contributed by atoms with E-state index < -0.39 is 5.54 Å². The maximum atomic E-state index is 13.1. The smallest absolute Gasteiger partial charge is 0.251 e. The van der Waals surface area contributed by atoms with Gasteiger partial charge in [0.05, 0.1) is 18.7 Å². The molecule has 37 heavy (non-hydrogen) atoms. The van der Waals surface area contributed by atoms with Crippen LogP contribution in [0.1, 0.15) is 47.6 Å². The van der Waals surface area contributed by atoms with Crippen LogP contribution in [0.15, 0.2) is 73.1 Å². The molecule has 1 atom stereocenters. The summed E-state index contributed by atoms with van der Waals surface area (Å²) in [6.07, 6.45) is 5.11. The third kappa shape index (κ3) is 5.46. The molecule has 0 unspecified atom stereocenters. The molecule has 2 aromatic heterocycles. The maximum absolute atomic E-state index is 13.1. The molecule has 4 aromatic rings. The minimum absolute atomic E-state index is 0.133. The largest absolute Gasteiger partial charge is 0.497 e. The van der Waals surface area contributed by atoms with Crippen LogP contribution in [0.5, 0.6) is 5.75 Å². The van der Waals surface area contributed by atoms with Crippen molar-refractivity contribution in [1.29, 1.82) is 0 Å². The van der Waals surface area contributed by atoms with Crippen LogP contribution in [-0.4, -0.2) is 46.3 Å². The predicted octanol–water partition coefficient (Wildman–Crippen LogP) is 4.06. The predicted molar refractivity (Wildman–Crippen MR) is 142 cm³/mol. The Hall–Kier alpha value is -4.24. The van der Waals surface area contributed by atoms with Crippen molar-refractivity contribution in [3.05, 3.63) is 90.0 Å². The molecule has 4 N–H and O–H groups in total. The van der Waals surface area contributed by atoms with Crippen molar-refractivity contribution < 1.29 is 9.53 Å². The number of methoxy groups -OCH3 is 1. The summed E-state index contributed by atoms with van der Waals surface area (Å²) >= 11 is 0. The van der Waals surface area contributed by atoms with E-state index in [4.69, 9.17) is 9.72 Å². The van der Waals surface area contributed by atoms with Gasteiger partial charge in [-0.25, -0.2) is 4.98 Å². The number of H-pyrrole nitrogens is 1. The first-order chi connectivity index (χ1) is 18.1. The second-order valence-corrected chi connectivity index (χ2v) is 9.25. The Kier molecular flexibility index (Phi) is 7.14. The van der Waals surface area contributed by atoms with Gasteiger partial charge in [0.2, 0.25) is 0 Å². The van der Waals surface area contributed by atoms with Gasteiger partial charge in [0.15, 0.2) is 11.6 Å². The highest BCUT2D eigenvalue weighted by atomic mass is 16.5.